The molecule has 0 unspecified atom stereocenters. The van der Waals surface area contributed by atoms with Crippen LogP contribution in [0, 0.1) is 13.8 Å². The molecule has 0 radical (unpaired) electrons. The van der Waals surface area contributed by atoms with Crippen molar-refractivity contribution in [3.8, 4) is 0 Å². The summed E-state index contributed by atoms with van der Waals surface area (Å²) in [5.74, 6) is -0.708. The molecular weight excluding hydrogens is 530 g/mol. The second kappa shape index (κ2) is 14.1. The summed E-state index contributed by atoms with van der Waals surface area (Å²) in [6, 6.07) is 29.7. The Labute approximate surface area is 245 Å². The highest BCUT2D eigenvalue weighted by Gasteiger charge is 2.16. The van der Waals surface area contributed by atoms with Crippen LogP contribution in [0.3, 0.4) is 0 Å². The third kappa shape index (κ3) is 8.19. The standard InChI is InChI=1S/C34H33N3O3S/c1-4-25-17-10-13-24(3)32(25)37-31(38)22-41-29-19-11-18-28(21-29)35-34(40)30(20-27-16-9-8-12-23(27)2)36-33(39)26-14-6-5-7-15-26/h5-21H,4,22H2,1-3H3,(H,35,40)(H,36,39)(H,37,38)/b30-20-. The van der Waals surface area contributed by atoms with Crippen molar-refractivity contribution in [1.29, 1.82) is 0 Å². The van der Waals surface area contributed by atoms with Gasteiger partial charge in [0.1, 0.15) is 5.70 Å². The Morgan fingerprint density at radius 3 is 2.24 bits per heavy atom. The fourth-order valence-corrected chi connectivity index (χ4v) is 4.99. The first-order chi connectivity index (χ1) is 19.8. The maximum atomic E-state index is 13.4. The summed E-state index contributed by atoms with van der Waals surface area (Å²) in [4.78, 5) is 39.9. The van der Waals surface area contributed by atoms with Crippen LogP contribution in [0.2, 0.25) is 0 Å². The third-order valence-corrected chi connectivity index (χ3v) is 7.48. The Morgan fingerprint density at radius 1 is 0.780 bits per heavy atom. The van der Waals surface area contributed by atoms with Gasteiger partial charge in [0.2, 0.25) is 5.91 Å². The van der Waals surface area contributed by atoms with Crippen LogP contribution in [-0.2, 0) is 16.0 Å². The molecule has 0 spiro atoms. The van der Waals surface area contributed by atoms with Gasteiger partial charge >= 0.3 is 0 Å². The Bertz CT molecular complexity index is 1580. The molecule has 0 aromatic heterocycles. The summed E-state index contributed by atoms with van der Waals surface area (Å²) in [6.45, 7) is 5.99. The van der Waals surface area contributed by atoms with Crippen LogP contribution in [0.15, 0.2) is 108 Å². The second-order valence-corrected chi connectivity index (χ2v) is 10.6. The van der Waals surface area contributed by atoms with Crippen LogP contribution in [0.25, 0.3) is 6.08 Å². The highest BCUT2D eigenvalue weighted by molar-refractivity contribution is 8.00. The number of anilines is 2. The van der Waals surface area contributed by atoms with Crippen molar-refractivity contribution in [1.82, 2.24) is 5.32 Å². The second-order valence-electron chi connectivity index (χ2n) is 9.52. The number of carbonyl (C=O) groups is 3. The molecule has 0 heterocycles. The fraction of sp³-hybridized carbons (Fsp3) is 0.147. The molecule has 0 bridgehead atoms. The maximum absolute atomic E-state index is 13.4. The molecule has 0 aliphatic rings. The zero-order chi connectivity index (χ0) is 29.2. The normalized spacial score (nSPS) is 11.0. The first-order valence-electron chi connectivity index (χ1n) is 13.4. The lowest BCUT2D eigenvalue weighted by Crippen LogP contribution is -2.30. The summed E-state index contributed by atoms with van der Waals surface area (Å²) in [6.07, 6.45) is 2.50. The molecule has 4 aromatic carbocycles. The summed E-state index contributed by atoms with van der Waals surface area (Å²) in [5.41, 5.74) is 5.91. The van der Waals surface area contributed by atoms with Crippen LogP contribution in [0.5, 0.6) is 0 Å². The third-order valence-electron chi connectivity index (χ3n) is 6.48. The van der Waals surface area contributed by atoms with Crippen molar-refractivity contribution >= 4 is 46.9 Å². The zero-order valence-corrected chi connectivity index (χ0v) is 24.2. The number of aryl methyl sites for hydroxylation is 3. The highest BCUT2D eigenvalue weighted by atomic mass is 32.2. The monoisotopic (exact) mass is 563 g/mol. The number of rotatable bonds is 10. The lowest BCUT2D eigenvalue weighted by atomic mass is 10.1. The molecule has 0 atom stereocenters. The van der Waals surface area contributed by atoms with E-state index < -0.39 is 5.91 Å². The lowest BCUT2D eigenvalue weighted by molar-refractivity contribution is -0.114. The summed E-state index contributed by atoms with van der Waals surface area (Å²) < 4.78 is 0. The van der Waals surface area contributed by atoms with Crippen molar-refractivity contribution < 1.29 is 14.4 Å². The average Bonchev–Trinajstić information content (AvgIpc) is 2.98. The predicted octanol–water partition coefficient (Wildman–Crippen LogP) is 7.01. The van der Waals surface area contributed by atoms with Crippen LogP contribution in [-0.4, -0.2) is 23.5 Å². The Morgan fingerprint density at radius 2 is 1.49 bits per heavy atom. The molecule has 4 rings (SSSR count). The highest BCUT2D eigenvalue weighted by Crippen LogP contribution is 2.25. The molecule has 0 fully saturated rings. The minimum atomic E-state index is -0.455. The van der Waals surface area contributed by atoms with Gasteiger partial charge in [0.15, 0.2) is 0 Å². The molecule has 3 amide bonds. The molecule has 7 heteroatoms. The number of amides is 3. The van der Waals surface area contributed by atoms with Crippen molar-refractivity contribution in [3.63, 3.8) is 0 Å². The van der Waals surface area contributed by atoms with E-state index in [1.165, 1.54) is 11.8 Å². The summed E-state index contributed by atoms with van der Waals surface area (Å²) in [5, 5.41) is 8.71. The molecule has 41 heavy (non-hydrogen) atoms. The summed E-state index contributed by atoms with van der Waals surface area (Å²) in [7, 11) is 0. The largest absolute Gasteiger partial charge is 0.325 e. The smallest absolute Gasteiger partial charge is 0.272 e. The van der Waals surface area contributed by atoms with E-state index in [0.717, 1.165) is 39.3 Å². The number of thioether (sulfide) groups is 1. The van der Waals surface area contributed by atoms with E-state index in [-0.39, 0.29) is 23.3 Å². The van der Waals surface area contributed by atoms with Gasteiger partial charge in [-0.05, 0) is 78.9 Å². The molecular formula is C34H33N3O3S. The van der Waals surface area contributed by atoms with Gasteiger partial charge in [-0.1, -0.05) is 73.7 Å². The zero-order valence-electron chi connectivity index (χ0n) is 23.4. The van der Waals surface area contributed by atoms with Crippen LogP contribution in [0.1, 0.15) is 39.5 Å². The first kappa shape index (κ1) is 29.4. The van der Waals surface area contributed by atoms with E-state index in [1.807, 2.05) is 80.6 Å². The molecule has 0 saturated carbocycles. The van der Waals surface area contributed by atoms with Gasteiger partial charge in [-0.2, -0.15) is 0 Å². The number of hydrogen-bond acceptors (Lipinski definition) is 4. The van der Waals surface area contributed by atoms with Crippen molar-refractivity contribution in [2.75, 3.05) is 16.4 Å². The molecule has 3 N–H and O–H groups in total. The number of hydrogen-bond donors (Lipinski definition) is 3. The molecule has 6 nitrogen and oxygen atoms in total. The van der Waals surface area contributed by atoms with Gasteiger partial charge in [-0.25, -0.2) is 0 Å². The quantitative estimate of drug-likeness (QED) is 0.143. The van der Waals surface area contributed by atoms with Crippen LogP contribution < -0.4 is 16.0 Å². The molecule has 0 aliphatic carbocycles. The van der Waals surface area contributed by atoms with E-state index in [4.69, 9.17) is 0 Å². The van der Waals surface area contributed by atoms with E-state index >= 15 is 0 Å². The van der Waals surface area contributed by atoms with Crippen LogP contribution >= 0.6 is 11.8 Å². The van der Waals surface area contributed by atoms with Gasteiger partial charge in [0.25, 0.3) is 11.8 Å². The molecule has 208 valence electrons. The van der Waals surface area contributed by atoms with Crippen molar-refractivity contribution in [3.05, 3.63) is 131 Å². The molecule has 0 aliphatic heterocycles. The van der Waals surface area contributed by atoms with Gasteiger partial charge in [-0.3, -0.25) is 14.4 Å². The minimum Gasteiger partial charge on any atom is -0.325 e. The summed E-state index contributed by atoms with van der Waals surface area (Å²) >= 11 is 1.38. The van der Waals surface area contributed by atoms with Gasteiger partial charge < -0.3 is 16.0 Å². The number of carbonyl (C=O) groups excluding carboxylic acids is 3. The average molecular weight is 564 g/mol. The molecule has 4 aromatic rings. The lowest BCUT2D eigenvalue weighted by Gasteiger charge is -2.14. The Kier molecular flexibility index (Phi) is 10.1. The van der Waals surface area contributed by atoms with E-state index in [9.17, 15) is 14.4 Å². The Balaban J connectivity index is 1.46. The van der Waals surface area contributed by atoms with Gasteiger partial charge in [0.05, 0.1) is 5.75 Å². The fourth-order valence-electron chi connectivity index (χ4n) is 4.24. The first-order valence-corrected chi connectivity index (χ1v) is 14.4. The number of para-hydroxylation sites is 1. The van der Waals surface area contributed by atoms with Crippen LogP contribution in [0.4, 0.5) is 11.4 Å². The number of nitrogens with one attached hydrogen (secondary N) is 3. The van der Waals surface area contributed by atoms with E-state index in [0.29, 0.717) is 11.3 Å². The SMILES string of the molecule is CCc1cccc(C)c1NC(=O)CSc1cccc(NC(=O)/C(=C/c2ccccc2C)NC(=O)c2ccccc2)c1. The van der Waals surface area contributed by atoms with Gasteiger partial charge in [-0.15, -0.1) is 11.8 Å². The van der Waals surface area contributed by atoms with E-state index in [2.05, 4.69) is 22.9 Å². The molecule has 0 saturated heterocycles. The maximum Gasteiger partial charge on any atom is 0.272 e. The predicted molar refractivity (Wildman–Crippen MR) is 168 cm³/mol. The van der Waals surface area contributed by atoms with Crippen molar-refractivity contribution in [2.45, 2.75) is 32.1 Å². The van der Waals surface area contributed by atoms with Crippen molar-refractivity contribution in [2.24, 2.45) is 0 Å². The Hall–Kier alpha value is -4.62. The minimum absolute atomic E-state index is 0.0967. The van der Waals surface area contributed by atoms with E-state index in [1.54, 1.807) is 36.4 Å². The topological polar surface area (TPSA) is 87.3 Å². The van der Waals surface area contributed by atoms with Gasteiger partial charge in [0, 0.05) is 21.8 Å². The number of benzene rings is 4.